The van der Waals surface area contributed by atoms with Gasteiger partial charge in [-0.2, -0.15) is 0 Å². The van der Waals surface area contributed by atoms with Gasteiger partial charge in [0, 0.05) is 12.6 Å². The number of benzene rings is 1. The normalized spacial score (nSPS) is 18.1. The predicted molar refractivity (Wildman–Crippen MR) is 73.6 cm³/mol. The molecule has 5 nitrogen and oxygen atoms in total. The van der Waals surface area contributed by atoms with Crippen LogP contribution >= 0.6 is 0 Å². The summed E-state index contributed by atoms with van der Waals surface area (Å²) in [6.45, 7) is 2.33. The van der Waals surface area contributed by atoms with Crippen LogP contribution in [0.3, 0.4) is 0 Å². The summed E-state index contributed by atoms with van der Waals surface area (Å²) in [6.07, 6.45) is 3.14. The van der Waals surface area contributed by atoms with Gasteiger partial charge in [-0.1, -0.05) is 6.07 Å². The van der Waals surface area contributed by atoms with Crippen molar-refractivity contribution in [3.8, 4) is 0 Å². The Labute approximate surface area is 112 Å². The maximum Gasteiger partial charge on any atom is 0.328 e. The lowest BCUT2D eigenvalue weighted by Crippen LogP contribution is -2.25. The molecule has 1 fully saturated rings. The second-order valence-corrected chi connectivity index (χ2v) is 6.47. The smallest absolute Gasteiger partial charge is 0.328 e. The van der Waals surface area contributed by atoms with E-state index in [0.29, 0.717) is 24.2 Å². The molecule has 2 rings (SSSR count). The maximum atomic E-state index is 11.8. The van der Waals surface area contributed by atoms with Gasteiger partial charge in [-0.15, -0.1) is 0 Å². The summed E-state index contributed by atoms with van der Waals surface area (Å²) < 4.78 is 25.1. The van der Waals surface area contributed by atoms with Gasteiger partial charge in [-0.05, 0) is 42.7 Å². The summed E-state index contributed by atoms with van der Waals surface area (Å²) in [6, 6.07) is 5.25. The van der Waals surface area contributed by atoms with Crippen LogP contribution < -0.4 is 4.31 Å². The maximum absolute atomic E-state index is 11.8. The van der Waals surface area contributed by atoms with E-state index in [1.807, 2.05) is 6.92 Å². The molecule has 1 aromatic carbocycles. The average Bonchev–Trinajstić information content (AvgIpc) is 2.68. The van der Waals surface area contributed by atoms with Gasteiger partial charge in [0.1, 0.15) is 0 Å². The molecule has 0 atom stereocenters. The summed E-state index contributed by atoms with van der Waals surface area (Å²) >= 11 is 0. The van der Waals surface area contributed by atoms with E-state index in [0.717, 1.165) is 11.6 Å². The predicted octanol–water partition coefficient (Wildman–Crippen LogP) is 1.63. The molecule has 1 aromatic rings. The number of hydrogen-bond donors (Lipinski definition) is 1. The first-order valence-electron chi connectivity index (χ1n) is 5.92. The molecule has 1 saturated heterocycles. The van der Waals surface area contributed by atoms with Crippen molar-refractivity contribution in [2.24, 2.45) is 0 Å². The molecule has 0 radical (unpaired) electrons. The molecule has 1 heterocycles. The third-order valence-corrected chi connectivity index (χ3v) is 4.93. The number of rotatable bonds is 3. The highest BCUT2D eigenvalue weighted by Crippen LogP contribution is 2.26. The fourth-order valence-corrected chi connectivity index (χ4v) is 3.61. The monoisotopic (exact) mass is 281 g/mol. The number of sulfonamides is 1. The van der Waals surface area contributed by atoms with E-state index in [2.05, 4.69) is 0 Å². The largest absolute Gasteiger partial charge is 0.478 e. The molecule has 0 aromatic heterocycles. The standard InChI is InChI=1S/C13H15NO4S/c1-10-3-5-12(9-11(10)4-6-13(15)16)14-7-2-8-19(14,17)18/h3-6,9H,2,7-8H2,1H3,(H,15,16). The third kappa shape index (κ3) is 2.96. The minimum Gasteiger partial charge on any atom is -0.478 e. The Hall–Kier alpha value is -1.82. The number of carbonyl (C=O) groups is 1. The van der Waals surface area contributed by atoms with Crippen molar-refractivity contribution in [3.05, 3.63) is 35.4 Å². The van der Waals surface area contributed by atoms with Crippen LogP contribution in [0.15, 0.2) is 24.3 Å². The van der Waals surface area contributed by atoms with Crippen LogP contribution in [0.2, 0.25) is 0 Å². The molecule has 19 heavy (non-hydrogen) atoms. The third-order valence-electron chi connectivity index (χ3n) is 3.06. The van der Waals surface area contributed by atoms with Crippen LogP contribution in [0.4, 0.5) is 5.69 Å². The molecule has 6 heteroatoms. The second kappa shape index (κ2) is 5.05. The van der Waals surface area contributed by atoms with Crippen LogP contribution in [-0.2, 0) is 14.8 Å². The zero-order chi connectivity index (χ0) is 14.0. The molecule has 0 aliphatic carbocycles. The van der Waals surface area contributed by atoms with E-state index < -0.39 is 16.0 Å². The van der Waals surface area contributed by atoms with E-state index in [4.69, 9.17) is 5.11 Å². The number of carboxylic acid groups (broad SMARTS) is 1. The number of anilines is 1. The molecule has 0 spiro atoms. The number of hydrogen-bond acceptors (Lipinski definition) is 3. The zero-order valence-corrected chi connectivity index (χ0v) is 11.4. The van der Waals surface area contributed by atoms with Crippen LogP contribution in [0.25, 0.3) is 6.08 Å². The molecule has 0 amide bonds. The van der Waals surface area contributed by atoms with Gasteiger partial charge in [0.05, 0.1) is 11.4 Å². The molecule has 0 saturated carbocycles. The lowest BCUT2D eigenvalue weighted by molar-refractivity contribution is -0.131. The first-order chi connectivity index (χ1) is 8.90. The topological polar surface area (TPSA) is 74.7 Å². The highest BCUT2D eigenvalue weighted by molar-refractivity contribution is 7.93. The van der Waals surface area contributed by atoms with Crippen molar-refractivity contribution in [2.45, 2.75) is 13.3 Å². The minimum atomic E-state index is -3.21. The van der Waals surface area contributed by atoms with Gasteiger partial charge in [0.25, 0.3) is 0 Å². The molecule has 1 aliphatic heterocycles. The van der Waals surface area contributed by atoms with E-state index in [1.54, 1.807) is 18.2 Å². The highest BCUT2D eigenvalue weighted by atomic mass is 32.2. The van der Waals surface area contributed by atoms with Crippen LogP contribution in [0.5, 0.6) is 0 Å². The van der Waals surface area contributed by atoms with Gasteiger partial charge < -0.3 is 5.11 Å². The summed E-state index contributed by atoms with van der Waals surface area (Å²) in [4.78, 5) is 10.5. The van der Waals surface area contributed by atoms with Gasteiger partial charge >= 0.3 is 5.97 Å². The molecular weight excluding hydrogens is 266 g/mol. The molecule has 102 valence electrons. The molecular formula is C13H15NO4S. The van der Waals surface area contributed by atoms with Crippen molar-refractivity contribution >= 4 is 27.8 Å². The van der Waals surface area contributed by atoms with E-state index in [9.17, 15) is 13.2 Å². The summed E-state index contributed by atoms with van der Waals surface area (Å²) in [7, 11) is -3.21. The quantitative estimate of drug-likeness (QED) is 0.855. The van der Waals surface area contributed by atoms with E-state index >= 15 is 0 Å². The molecule has 0 bridgehead atoms. The van der Waals surface area contributed by atoms with Gasteiger partial charge in [-0.25, -0.2) is 13.2 Å². The Kier molecular flexibility index (Phi) is 3.61. The van der Waals surface area contributed by atoms with Crippen molar-refractivity contribution < 1.29 is 18.3 Å². The average molecular weight is 281 g/mol. The second-order valence-electron chi connectivity index (χ2n) is 4.45. The minimum absolute atomic E-state index is 0.168. The van der Waals surface area contributed by atoms with Crippen LogP contribution in [-0.4, -0.2) is 31.8 Å². The zero-order valence-electron chi connectivity index (χ0n) is 10.5. The number of aliphatic carboxylic acids is 1. The van der Waals surface area contributed by atoms with E-state index in [-0.39, 0.29) is 5.75 Å². The van der Waals surface area contributed by atoms with Gasteiger partial charge in [-0.3, -0.25) is 4.31 Å². The van der Waals surface area contributed by atoms with E-state index in [1.165, 1.54) is 10.4 Å². The summed E-state index contributed by atoms with van der Waals surface area (Å²) in [5.74, 6) is -0.861. The van der Waals surface area contributed by atoms with Crippen molar-refractivity contribution in [2.75, 3.05) is 16.6 Å². The Balaban J connectivity index is 2.39. The number of aryl methyl sites for hydroxylation is 1. The first kappa shape index (κ1) is 13.6. The Morgan fingerprint density at radius 3 is 2.74 bits per heavy atom. The Morgan fingerprint density at radius 2 is 2.16 bits per heavy atom. The fourth-order valence-electron chi connectivity index (χ4n) is 2.05. The summed E-state index contributed by atoms with van der Waals surface area (Å²) in [5.41, 5.74) is 2.20. The lowest BCUT2D eigenvalue weighted by Gasteiger charge is -2.18. The fraction of sp³-hybridized carbons (Fsp3) is 0.308. The molecule has 1 N–H and O–H groups in total. The van der Waals surface area contributed by atoms with Gasteiger partial charge in [0.2, 0.25) is 10.0 Å². The first-order valence-corrected chi connectivity index (χ1v) is 7.53. The highest BCUT2D eigenvalue weighted by Gasteiger charge is 2.28. The molecule has 1 aliphatic rings. The van der Waals surface area contributed by atoms with Crippen molar-refractivity contribution in [3.63, 3.8) is 0 Å². The number of nitrogens with zero attached hydrogens (tertiary/aromatic N) is 1. The van der Waals surface area contributed by atoms with Crippen molar-refractivity contribution in [1.29, 1.82) is 0 Å². The van der Waals surface area contributed by atoms with Gasteiger partial charge in [0.15, 0.2) is 0 Å². The molecule has 0 unspecified atom stereocenters. The van der Waals surface area contributed by atoms with Crippen LogP contribution in [0, 0.1) is 6.92 Å². The van der Waals surface area contributed by atoms with Crippen LogP contribution in [0.1, 0.15) is 17.5 Å². The SMILES string of the molecule is Cc1ccc(N2CCCS2(=O)=O)cc1C=CC(=O)O. The number of carboxylic acids is 1. The lowest BCUT2D eigenvalue weighted by atomic mass is 10.1. The Morgan fingerprint density at radius 1 is 1.42 bits per heavy atom. The van der Waals surface area contributed by atoms with Crippen molar-refractivity contribution in [1.82, 2.24) is 0 Å². The Bertz CT molecular complexity index is 634. The summed E-state index contributed by atoms with van der Waals surface area (Å²) in [5, 5.41) is 8.64.